The van der Waals surface area contributed by atoms with Crippen LogP contribution in [0.1, 0.15) is 5.56 Å². The summed E-state index contributed by atoms with van der Waals surface area (Å²) in [7, 11) is 3.14. The minimum atomic E-state index is -0.552. The van der Waals surface area contributed by atoms with Crippen molar-refractivity contribution in [2.75, 3.05) is 19.6 Å². The summed E-state index contributed by atoms with van der Waals surface area (Å²) in [5, 5.41) is 9.73. The van der Waals surface area contributed by atoms with E-state index < -0.39 is 5.69 Å². The molecular formula is C12H13N5O3. The Labute approximate surface area is 114 Å². The molecule has 0 saturated heterocycles. The van der Waals surface area contributed by atoms with Gasteiger partial charge in [0.15, 0.2) is 5.82 Å². The lowest BCUT2D eigenvalue weighted by atomic mass is 10.2. The van der Waals surface area contributed by atoms with Gasteiger partial charge in [-0.05, 0) is 18.2 Å². The summed E-state index contributed by atoms with van der Waals surface area (Å²) in [5.74, 6) is 1.57. The molecule has 0 aliphatic heterocycles. The van der Waals surface area contributed by atoms with E-state index in [2.05, 4.69) is 25.7 Å². The molecule has 0 aliphatic carbocycles. The molecule has 1 aromatic heterocycles. The van der Waals surface area contributed by atoms with Crippen LogP contribution in [0.25, 0.3) is 0 Å². The molecular weight excluding hydrogens is 262 g/mol. The Hall–Kier alpha value is -2.90. The molecule has 0 bridgehead atoms. The topological polar surface area (TPSA) is 101 Å². The average molecular weight is 275 g/mol. The number of aromatic amines is 1. The van der Waals surface area contributed by atoms with E-state index >= 15 is 0 Å². The number of hydrogen-bond donors (Lipinski definition) is 2. The Morgan fingerprint density at radius 2 is 2.20 bits per heavy atom. The van der Waals surface area contributed by atoms with Gasteiger partial charge in [-0.1, -0.05) is 0 Å². The normalized spacial score (nSPS) is 10.5. The van der Waals surface area contributed by atoms with Crippen LogP contribution >= 0.6 is 0 Å². The molecule has 0 atom stereocenters. The minimum absolute atomic E-state index is 0.242. The second-order valence-electron chi connectivity index (χ2n) is 3.65. The Bertz CT molecular complexity index is 668. The summed E-state index contributed by atoms with van der Waals surface area (Å²) in [6, 6.07) is 5.33. The van der Waals surface area contributed by atoms with Crippen molar-refractivity contribution in [2.45, 2.75) is 0 Å². The van der Waals surface area contributed by atoms with Crippen molar-refractivity contribution in [1.29, 1.82) is 0 Å². The third kappa shape index (κ3) is 3.31. The highest BCUT2D eigenvalue weighted by atomic mass is 16.5. The predicted molar refractivity (Wildman–Crippen MR) is 73.4 cm³/mol. The van der Waals surface area contributed by atoms with Gasteiger partial charge in [0.2, 0.25) is 0 Å². The van der Waals surface area contributed by atoms with Crippen LogP contribution in [-0.2, 0) is 0 Å². The van der Waals surface area contributed by atoms with Gasteiger partial charge in [0.25, 0.3) is 0 Å². The number of benzene rings is 1. The Balaban J connectivity index is 2.16. The lowest BCUT2D eigenvalue weighted by molar-refractivity contribution is 0.402. The lowest BCUT2D eigenvalue weighted by Gasteiger charge is -2.06. The SMILES string of the molecule is COc1ccc(OC)c(C=NNc2cn[nH]c(=O)n2)c1. The van der Waals surface area contributed by atoms with E-state index in [0.717, 1.165) is 5.56 Å². The van der Waals surface area contributed by atoms with Crippen LogP contribution in [0.3, 0.4) is 0 Å². The van der Waals surface area contributed by atoms with Gasteiger partial charge in [0.1, 0.15) is 11.5 Å². The van der Waals surface area contributed by atoms with Gasteiger partial charge < -0.3 is 9.47 Å². The fourth-order valence-electron chi connectivity index (χ4n) is 1.47. The summed E-state index contributed by atoms with van der Waals surface area (Å²) in [5.41, 5.74) is 2.77. The standard InChI is InChI=1S/C12H13N5O3/c1-19-9-3-4-10(20-2)8(5-9)6-13-16-11-7-14-17-12(18)15-11/h3-7H,1-2H3,(H2,15,16,17,18). The van der Waals surface area contributed by atoms with Crippen molar-refractivity contribution in [3.05, 3.63) is 40.4 Å². The molecule has 20 heavy (non-hydrogen) atoms. The smallest absolute Gasteiger partial charge is 0.363 e. The van der Waals surface area contributed by atoms with Crippen molar-refractivity contribution in [2.24, 2.45) is 5.10 Å². The first-order chi connectivity index (χ1) is 9.72. The van der Waals surface area contributed by atoms with Crippen molar-refractivity contribution in [1.82, 2.24) is 15.2 Å². The van der Waals surface area contributed by atoms with Gasteiger partial charge in [0, 0.05) is 5.56 Å². The summed E-state index contributed by atoms with van der Waals surface area (Å²) in [6.07, 6.45) is 2.88. The summed E-state index contributed by atoms with van der Waals surface area (Å²) in [6.45, 7) is 0. The van der Waals surface area contributed by atoms with Crippen LogP contribution in [0.4, 0.5) is 5.82 Å². The highest BCUT2D eigenvalue weighted by Crippen LogP contribution is 2.22. The first kappa shape index (κ1) is 13.5. The van der Waals surface area contributed by atoms with E-state index in [1.54, 1.807) is 32.4 Å². The highest BCUT2D eigenvalue weighted by molar-refractivity contribution is 5.84. The molecule has 2 aromatic rings. The van der Waals surface area contributed by atoms with Crippen LogP contribution < -0.4 is 20.6 Å². The van der Waals surface area contributed by atoms with E-state index in [9.17, 15) is 4.79 Å². The average Bonchev–Trinajstić information content (AvgIpc) is 2.47. The second-order valence-corrected chi connectivity index (χ2v) is 3.65. The molecule has 104 valence electrons. The number of aromatic nitrogens is 3. The van der Waals surface area contributed by atoms with Crippen molar-refractivity contribution in [3.8, 4) is 11.5 Å². The third-order valence-electron chi connectivity index (χ3n) is 2.39. The maximum absolute atomic E-state index is 10.9. The Kier molecular flexibility index (Phi) is 4.28. The van der Waals surface area contributed by atoms with Gasteiger partial charge in [-0.25, -0.2) is 9.89 Å². The fraction of sp³-hybridized carbons (Fsp3) is 0.167. The number of methoxy groups -OCH3 is 2. The van der Waals surface area contributed by atoms with Gasteiger partial charge >= 0.3 is 5.69 Å². The van der Waals surface area contributed by atoms with Crippen molar-refractivity contribution >= 4 is 12.0 Å². The predicted octanol–water partition coefficient (Wildman–Crippen LogP) is 0.628. The summed E-state index contributed by atoms with van der Waals surface area (Å²) < 4.78 is 10.3. The summed E-state index contributed by atoms with van der Waals surface area (Å²) in [4.78, 5) is 14.6. The van der Waals surface area contributed by atoms with E-state index in [1.807, 2.05) is 0 Å². The molecule has 0 saturated carbocycles. The van der Waals surface area contributed by atoms with Crippen LogP contribution in [0, 0.1) is 0 Å². The molecule has 0 fully saturated rings. The Morgan fingerprint density at radius 3 is 2.90 bits per heavy atom. The van der Waals surface area contributed by atoms with Gasteiger partial charge in [0.05, 0.1) is 26.6 Å². The number of hydrogen-bond acceptors (Lipinski definition) is 7. The minimum Gasteiger partial charge on any atom is -0.497 e. The number of nitrogens with zero attached hydrogens (tertiary/aromatic N) is 3. The monoisotopic (exact) mass is 275 g/mol. The molecule has 2 N–H and O–H groups in total. The van der Waals surface area contributed by atoms with Crippen LogP contribution in [0.5, 0.6) is 11.5 Å². The maximum atomic E-state index is 10.9. The van der Waals surface area contributed by atoms with Gasteiger partial charge in [-0.15, -0.1) is 0 Å². The van der Waals surface area contributed by atoms with Gasteiger partial charge in [-0.3, -0.25) is 5.43 Å². The first-order valence-electron chi connectivity index (χ1n) is 5.66. The molecule has 8 nitrogen and oxygen atoms in total. The van der Waals surface area contributed by atoms with Crippen molar-refractivity contribution < 1.29 is 9.47 Å². The zero-order valence-electron chi connectivity index (χ0n) is 11.0. The van der Waals surface area contributed by atoms with Crippen LogP contribution in [-0.4, -0.2) is 35.6 Å². The zero-order valence-corrected chi connectivity index (χ0v) is 11.0. The maximum Gasteiger partial charge on any atom is 0.363 e. The molecule has 8 heteroatoms. The first-order valence-corrected chi connectivity index (χ1v) is 5.66. The fourth-order valence-corrected chi connectivity index (χ4v) is 1.47. The molecule has 1 aromatic carbocycles. The molecule has 0 amide bonds. The molecule has 0 unspecified atom stereocenters. The second kappa shape index (κ2) is 6.32. The zero-order chi connectivity index (χ0) is 14.4. The number of rotatable bonds is 5. The third-order valence-corrected chi connectivity index (χ3v) is 2.39. The van der Waals surface area contributed by atoms with Crippen LogP contribution in [0.2, 0.25) is 0 Å². The molecule has 0 radical (unpaired) electrons. The number of hydrazone groups is 1. The van der Waals surface area contributed by atoms with E-state index in [1.165, 1.54) is 12.4 Å². The largest absolute Gasteiger partial charge is 0.497 e. The molecule has 0 aliphatic rings. The van der Waals surface area contributed by atoms with Gasteiger partial charge in [-0.2, -0.15) is 15.2 Å². The quantitative estimate of drug-likeness (QED) is 0.613. The Morgan fingerprint density at radius 1 is 1.35 bits per heavy atom. The molecule has 0 spiro atoms. The molecule has 1 heterocycles. The van der Waals surface area contributed by atoms with Crippen LogP contribution in [0.15, 0.2) is 34.3 Å². The number of nitrogens with one attached hydrogen (secondary N) is 2. The van der Waals surface area contributed by atoms with E-state index in [-0.39, 0.29) is 5.82 Å². The number of ether oxygens (including phenoxy) is 2. The summed E-state index contributed by atoms with van der Waals surface area (Å²) >= 11 is 0. The number of H-pyrrole nitrogens is 1. The number of anilines is 1. The van der Waals surface area contributed by atoms with Crippen molar-refractivity contribution in [3.63, 3.8) is 0 Å². The van der Waals surface area contributed by atoms with E-state index in [0.29, 0.717) is 11.5 Å². The molecule has 2 rings (SSSR count). The lowest BCUT2D eigenvalue weighted by Crippen LogP contribution is -2.13. The van der Waals surface area contributed by atoms with E-state index in [4.69, 9.17) is 9.47 Å². The highest BCUT2D eigenvalue weighted by Gasteiger charge is 2.02.